The van der Waals surface area contributed by atoms with Crippen LogP contribution in [0.15, 0.2) is 28.4 Å². The van der Waals surface area contributed by atoms with Crippen molar-refractivity contribution in [3.8, 4) is 5.75 Å². The zero-order valence-corrected chi connectivity index (χ0v) is 12.9. The molecule has 0 atom stereocenters. The van der Waals surface area contributed by atoms with Crippen LogP contribution >= 0.6 is 11.3 Å². The number of amides is 1. The van der Waals surface area contributed by atoms with E-state index in [1.165, 1.54) is 11.3 Å². The first-order chi connectivity index (χ1) is 10.0. The lowest BCUT2D eigenvalue weighted by atomic mass is 10.3. The maximum Gasteiger partial charge on any atom is 0.271 e. The van der Waals surface area contributed by atoms with Crippen molar-refractivity contribution in [2.24, 2.45) is 23.1 Å². The number of carbonyl (C=O) groups is 1. The molecule has 8 heteroatoms. The monoisotopic (exact) mass is 307 g/mol. The van der Waals surface area contributed by atoms with E-state index in [4.69, 9.17) is 10.6 Å². The van der Waals surface area contributed by atoms with Gasteiger partial charge in [-0.15, -0.1) is 5.10 Å². The van der Waals surface area contributed by atoms with Crippen LogP contribution in [-0.4, -0.2) is 22.8 Å². The van der Waals surface area contributed by atoms with Crippen molar-refractivity contribution in [1.82, 2.24) is 9.99 Å². The molecular formula is C13H17N5O2S. The molecule has 2 rings (SSSR count). The summed E-state index contributed by atoms with van der Waals surface area (Å²) in [6.45, 7) is 3.64. The SMILES string of the molecule is CC(C)=N/N=c1/sc2cccc(OCC(=O)NN)c2n1C. The van der Waals surface area contributed by atoms with E-state index in [0.29, 0.717) is 5.75 Å². The minimum Gasteiger partial charge on any atom is -0.481 e. The van der Waals surface area contributed by atoms with Crippen molar-refractivity contribution in [2.45, 2.75) is 13.8 Å². The van der Waals surface area contributed by atoms with Gasteiger partial charge >= 0.3 is 0 Å². The fourth-order valence-electron chi connectivity index (χ4n) is 1.71. The summed E-state index contributed by atoms with van der Waals surface area (Å²) in [5.74, 6) is 5.26. The van der Waals surface area contributed by atoms with Gasteiger partial charge < -0.3 is 9.30 Å². The number of fused-ring (bicyclic) bond motifs is 1. The van der Waals surface area contributed by atoms with Crippen LogP contribution in [0.2, 0.25) is 0 Å². The molecule has 0 bridgehead atoms. The number of nitrogens with one attached hydrogen (secondary N) is 1. The molecule has 3 N–H and O–H groups in total. The largest absolute Gasteiger partial charge is 0.481 e. The molecule has 0 fully saturated rings. The molecule has 0 saturated heterocycles. The molecule has 7 nitrogen and oxygen atoms in total. The summed E-state index contributed by atoms with van der Waals surface area (Å²) in [6, 6.07) is 5.64. The molecule has 0 aliphatic carbocycles. The molecule has 1 aromatic carbocycles. The highest BCUT2D eigenvalue weighted by Crippen LogP contribution is 2.26. The Hall–Kier alpha value is -2.19. The first-order valence-corrected chi connectivity index (χ1v) is 7.10. The van der Waals surface area contributed by atoms with Crippen LogP contribution in [0.1, 0.15) is 13.8 Å². The maximum atomic E-state index is 11.2. The van der Waals surface area contributed by atoms with Crippen molar-refractivity contribution in [3.63, 3.8) is 0 Å². The summed E-state index contributed by atoms with van der Waals surface area (Å²) in [4.78, 5) is 11.9. The molecule has 0 saturated carbocycles. The van der Waals surface area contributed by atoms with Gasteiger partial charge in [0.25, 0.3) is 5.91 Å². The van der Waals surface area contributed by atoms with Crippen molar-refractivity contribution >= 4 is 33.2 Å². The summed E-state index contributed by atoms with van der Waals surface area (Å²) >= 11 is 1.50. The third kappa shape index (κ3) is 3.47. The van der Waals surface area contributed by atoms with E-state index in [9.17, 15) is 4.79 Å². The fourth-order valence-corrected chi connectivity index (χ4v) is 2.70. The molecule has 0 radical (unpaired) electrons. The number of nitrogens with two attached hydrogens (primary N) is 1. The van der Waals surface area contributed by atoms with E-state index in [1.54, 1.807) is 6.07 Å². The van der Waals surface area contributed by atoms with Crippen LogP contribution in [0.4, 0.5) is 0 Å². The van der Waals surface area contributed by atoms with Crippen molar-refractivity contribution in [2.75, 3.05) is 6.61 Å². The highest BCUT2D eigenvalue weighted by molar-refractivity contribution is 7.16. The van der Waals surface area contributed by atoms with Gasteiger partial charge in [0, 0.05) is 12.8 Å². The van der Waals surface area contributed by atoms with Crippen LogP contribution in [0, 0.1) is 0 Å². The second-order valence-electron chi connectivity index (χ2n) is 4.55. The van der Waals surface area contributed by atoms with Crippen LogP contribution in [-0.2, 0) is 11.8 Å². The lowest BCUT2D eigenvalue weighted by molar-refractivity contribution is -0.123. The predicted molar refractivity (Wildman–Crippen MR) is 83.0 cm³/mol. The van der Waals surface area contributed by atoms with Gasteiger partial charge in [-0.25, -0.2) is 5.84 Å². The van der Waals surface area contributed by atoms with Gasteiger partial charge in [-0.3, -0.25) is 10.2 Å². The van der Waals surface area contributed by atoms with Crippen LogP contribution < -0.4 is 20.8 Å². The summed E-state index contributed by atoms with van der Waals surface area (Å²) in [6.07, 6.45) is 0. The lowest BCUT2D eigenvalue weighted by Gasteiger charge is -2.07. The molecular weight excluding hydrogens is 290 g/mol. The molecule has 1 aromatic heterocycles. The average molecular weight is 307 g/mol. The van der Waals surface area contributed by atoms with Crippen molar-refractivity contribution < 1.29 is 9.53 Å². The van der Waals surface area contributed by atoms with Gasteiger partial charge in [0.1, 0.15) is 11.3 Å². The third-order valence-electron chi connectivity index (χ3n) is 2.64. The number of ether oxygens (including phenoxy) is 1. The lowest BCUT2D eigenvalue weighted by Crippen LogP contribution is -2.34. The number of nitrogens with zero attached hydrogens (tertiary/aromatic N) is 3. The molecule has 1 amide bonds. The Kier molecular flexibility index (Phi) is 4.71. The van der Waals surface area contributed by atoms with E-state index < -0.39 is 0 Å². The fraction of sp³-hybridized carbons (Fsp3) is 0.308. The number of rotatable bonds is 4. The predicted octanol–water partition coefficient (Wildman–Crippen LogP) is 0.905. The Morgan fingerprint density at radius 3 is 2.90 bits per heavy atom. The Morgan fingerprint density at radius 1 is 1.48 bits per heavy atom. The standard InChI is InChI=1S/C13H17N5O2S/c1-8(2)16-17-13-18(3)12-9(20-7-11(19)15-14)5-4-6-10(12)21-13/h4-6H,7,14H2,1-3H3,(H,15,19)/b17-13+. The Bertz CT molecular complexity index is 755. The second kappa shape index (κ2) is 6.51. The minimum atomic E-state index is -0.388. The van der Waals surface area contributed by atoms with Gasteiger partial charge in [-0.1, -0.05) is 17.4 Å². The van der Waals surface area contributed by atoms with E-state index >= 15 is 0 Å². The normalized spacial score (nSPS) is 11.5. The van der Waals surface area contributed by atoms with E-state index in [1.807, 2.05) is 43.0 Å². The molecule has 112 valence electrons. The highest BCUT2D eigenvalue weighted by Gasteiger charge is 2.10. The van der Waals surface area contributed by atoms with Gasteiger partial charge in [-0.05, 0) is 26.0 Å². The average Bonchev–Trinajstić information content (AvgIpc) is 2.79. The van der Waals surface area contributed by atoms with Crippen molar-refractivity contribution in [3.05, 3.63) is 23.0 Å². The quantitative estimate of drug-likeness (QED) is 0.380. The van der Waals surface area contributed by atoms with Gasteiger partial charge in [0.15, 0.2) is 6.61 Å². The number of carbonyl (C=O) groups excluding carboxylic acids is 1. The van der Waals surface area contributed by atoms with E-state index in [-0.39, 0.29) is 12.5 Å². The highest BCUT2D eigenvalue weighted by atomic mass is 32.1. The van der Waals surface area contributed by atoms with E-state index in [2.05, 4.69) is 10.2 Å². The smallest absolute Gasteiger partial charge is 0.271 e. The maximum absolute atomic E-state index is 11.2. The third-order valence-corrected chi connectivity index (χ3v) is 3.73. The first-order valence-electron chi connectivity index (χ1n) is 6.28. The van der Waals surface area contributed by atoms with Gasteiger partial charge in [0.2, 0.25) is 4.80 Å². The Labute approximate surface area is 125 Å². The Morgan fingerprint density at radius 2 is 2.24 bits per heavy atom. The topological polar surface area (TPSA) is 94.0 Å². The number of hydrazine groups is 1. The number of thiazole rings is 1. The number of aryl methyl sites for hydroxylation is 1. The van der Waals surface area contributed by atoms with Crippen LogP contribution in [0.5, 0.6) is 5.75 Å². The molecule has 1 heterocycles. The summed E-state index contributed by atoms with van der Waals surface area (Å²) < 4.78 is 8.40. The van der Waals surface area contributed by atoms with Crippen molar-refractivity contribution in [1.29, 1.82) is 0 Å². The number of benzene rings is 1. The zero-order valence-electron chi connectivity index (χ0n) is 12.1. The molecule has 0 aliphatic heterocycles. The summed E-state index contributed by atoms with van der Waals surface area (Å²) in [5.41, 5.74) is 3.78. The minimum absolute atomic E-state index is 0.135. The van der Waals surface area contributed by atoms with Crippen LogP contribution in [0.25, 0.3) is 10.2 Å². The van der Waals surface area contributed by atoms with Gasteiger partial charge in [-0.2, -0.15) is 5.10 Å². The second-order valence-corrected chi connectivity index (χ2v) is 5.56. The number of aromatic nitrogens is 1. The Balaban J connectivity index is 2.47. The molecule has 2 aromatic rings. The first kappa shape index (κ1) is 15.2. The van der Waals surface area contributed by atoms with Crippen LogP contribution in [0.3, 0.4) is 0 Å². The molecule has 0 spiro atoms. The summed E-state index contributed by atoms with van der Waals surface area (Å²) in [5, 5.41) is 8.29. The summed E-state index contributed by atoms with van der Waals surface area (Å²) in [7, 11) is 1.88. The number of para-hydroxylation sites is 1. The zero-order chi connectivity index (χ0) is 15.4. The number of hydrogen-bond donors (Lipinski definition) is 2. The van der Waals surface area contributed by atoms with E-state index in [0.717, 1.165) is 20.7 Å². The molecule has 0 unspecified atom stereocenters. The van der Waals surface area contributed by atoms with Gasteiger partial charge in [0.05, 0.1) is 4.70 Å². The number of hydrogen-bond acceptors (Lipinski definition) is 6. The molecule has 0 aliphatic rings. The molecule has 21 heavy (non-hydrogen) atoms.